The van der Waals surface area contributed by atoms with Crippen molar-refractivity contribution < 1.29 is 19.1 Å². The zero-order valence-corrected chi connectivity index (χ0v) is 21.4. The summed E-state index contributed by atoms with van der Waals surface area (Å²) in [5.41, 5.74) is 5.96. The Morgan fingerprint density at radius 3 is 2.15 bits per heavy atom. The van der Waals surface area contributed by atoms with Gasteiger partial charge >= 0.3 is 5.97 Å². The van der Waals surface area contributed by atoms with Crippen molar-refractivity contribution >= 4 is 23.9 Å². The second kappa shape index (κ2) is 10.1. The van der Waals surface area contributed by atoms with Crippen LogP contribution in [0.25, 0.3) is 22.4 Å². The molecule has 0 saturated heterocycles. The molecule has 0 radical (unpaired) electrons. The molecule has 0 aliphatic heterocycles. The number of nitrogens with zero attached hydrogens (tertiary/aromatic N) is 1. The maximum atomic E-state index is 12.9. The van der Waals surface area contributed by atoms with Crippen molar-refractivity contribution in [2.24, 2.45) is 0 Å². The molecule has 3 aromatic rings. The van der Waals surface area contributed by atoms with Crippen LogP contribution in [0.3, 0.4) is 0 Å². The fourth-order valence-corrected chi connectivity index (χ4v) is 4.04. The Kier molecular flexibility index (Phi) is 7.59. The number of esters is 1. The van der Waals surface area contributed by atoms with Crippen LogP contribution < -0.4 is 0 Å². The summed E-state index contributed by atoms with van der Waals surface area (Å²) in [4.78, 5) is 30.0. The average Bonchev–Trinajstić information content (AvgIpc) is 2.78. The number of aryl methyl sites for hydroxylation is 2. The number of pyridine rings is 1. The highest BCUT2D eigenvalue weighted by atomic mass is 35.5. The number of benzene rings is 2. The monoisotopic (exact) mass is 479 g/mol. The number of aromatic nitrogens is 1. The van der Waals surface area contributed by atoms with E-state index in [1.807, 2.05) is 71.9 Å². The minimum atomic E-state index is -1.14. The van der Waals surface area contributed by atoms with E-state index in [0.717, 1.165) is 27.8 Å². The average molecular weight is 480 g/mol. The Bertz CT molecular complexity index is 1230. The molecule has 0 bridgehead atoms. The first kappa shape index (κ1) is 25.6. The van der Waals surface area contributed by atoms with Crippen LogP contribution in [0.15, 0.2) is 42.5 Å². The third kappa shape index (κ3) is 5.37. The summed E-state index contributed by atoms with van der Waals surface area (Å²) in [6.45, 7) is 11.5. The standard InChI is InChI=1S/C28H30ClNO4/c1-16-8-9-20(14-17(16)2)25-18(3)23(19-10-12-21(29)13-11-19)24(22(15-31)30-25)26(27(32)33-7)34-28(4,5)6/h8-15,26H,1-7H3/t26-/m0/s1. The molecule has 0 N–H and O–H groups in total. The third-order valence-electron chi connectivity index (χ3n) is 5.68. The van der Waals surface area contributed by atoms with Crippen molar-refractivity contribution in [3.05, 3.63) is 75.4 Å². The smallest absolute Gasteiger partial charge is 0.339 e. The zero-order valence-electron chi connectivity index (χ0n) is 20.7. The Labute approximate surface area is 206 Å². The van der Waals surface area contributed by atoms with E-state index in [1.165, 1.54) is 7.11 Å². The van der Waals surface area contributed by atoms with Gasteiger partial charge in [0.2, 0.25) is 0 Å². The van der Waals surface area contributed by atoms with E-state index >= 15 is 0 Å². The van der Waals surface area contributed by atoms with Gasteiger partial charge in [-0.1, -0.05) is 35.9 Å². The summed E-state index contributed by atoms with van der Waals surface area (Å²) in [5, 5.41) is 0.581. The number of ether oxygens (including phenoxy) is 2. The van der Waals surface area contributed by atoms with Gasteiger partial charge in [0.05, 0.1) is 18.4 Å². The number of rotatable bonds is 6. The van der Waals surface area contributed by atoms with E-state index in [1.54, 1.807) is 12.1 Å². The lowest BCUT2D eigenvalue weighted by Gasteiger charge is -2.29. The summed E-state index contributed by atoms with van der Waals surface area (Å²) >= 11 is 6.15. The Morgan fingerprint density at radius 1 is 1.00 bits per heavy atom. The third-order valence-corrected chi connectivity index (χ3v) is 5.93. The van der Waals surface area contributed by atoms with Gasteiger partial charge in [0.1, 0.15) is 5.69 Å². The van der Waals surface area contributed by atoms with Crippen LogP contribution in [0.2, 0.25) is 5.02 Å². The summed E-state index contributed by atoms with van der Waals surface area (Å²) in [6.07, 6.45) is -0.475. The molecule has 0 saturated carbocycles. The van der Waals surface area contributed by atoms with Crippen LogP contribution in [0, 0.1) is 20.8 Å². The molecule has 3 rings (SSSR count). The molecule has 0 aliphatic carbocycles. The van der Waals surface area contributed by atoms with Crippen molar-refractivity contribution in [3.8, 4) is 22.4 Å². The van der Waals surface area contributed by atoms with Gasteiger partial charge in [0, 0.05) is 16.1 Å². The van der Waals surface area contributed by atoms with Crippen LogP contribution in [0.1, 0.15) is 59.6 Å². The van der Waals surface area contributed by atoms with Crippen molar-refractivity contribution in [2.45, 2.75) is 53.2 Å². The van der Waals surface area contributed by atoms with Gasteiger partial charge in [-0.25, -0.2) is 9.78 Å². The second-order valence-corrected chi connectivity index (χ2v) is 9.75. The molecule has 6 heteroatoms. The van der Waals surface area contributed by atoms with Crippen molar-refractivity contribution in [3.63, 3.8) is 0 Å². The normalized spacial score (nSPS) is 12.4. The Balaban J connectivity index is 2.43. The minimum absolute atomic E-state index is 0.128. The number of hydrogen-bond donors (Lipinski definition) is 0. The molecular formula is C28H30ClNO4. The highest BCUT2D eigenvalue weighted by Crippen LogP contribution is 2.41. The fourth-order valence-electron chi connectivity index (χ4n) is 3.91. The van der Waals surface area contributed by atoms with Gasteiger partial charge in [-0.05, 0) is 87.6 Å². The first-order valence-electron chi connectivity index (χ1n) is 11.1. The molecule has 1 atom stereocenters. The molecule has 0 fully saturated rings. The highest BCUT2D eigenvalue weighted by molar-refractivity contribution is 6.30. The van der Waals surface area contributed by atoms with Gasteiger partial charge in [-0.15, -0.1) is 0 Å². The van der Waals surface area contributed by atoms with E-state index in [-0.39, 0.29) is 5.69 Å². The molecule has 5 nitrogen and oxygen atoms in total. The quantitative estimate of drug-likeness (QED) is 0.286. The van der Waals surface area contributed by atoms with Gasteiger partial charge in [0.15, 0.2) is 12.4 Å². The van der Waals surface area contributed by atoms with Crippen molar-refractivity contribution in [2.75, 3.05) is 7.11 Å². The molecule has 1 aromatic heterocycles. The molecular weight excluding hydrogens is 450 g/mol. The number of hydrogen-bond acceptors (Lipinski definition) is 5. The molecule has 0 amide bonds. The zero-order chi connectivity index (χ0) is 25.2. The lowest BCUT2D eigenvalue weighted by molar-refractivity contribution is -0.164. The largest absolute Gasteiger partial charge is 0.467 e. The van der Waals surface area contributed by atoms with Gasteiger partial charge < -0.3 is 9.47 Å². The summed E-state index contributed by atoms with van der Waals surface area (Å²) in [7, 11) is 1.30. The number of methoxy groups -OCH3 is 1. The van der Waals surface area contributed by atoms with E-state index in [0.29, 0.717) is 28.1 Å². The number of carbonyl (C=O) groups is 2. The minimum Gasteiger partial charge on any atom is -0.467 e. The maximum Gasteiger partial charge on any atom is 0.339 e. The Morgan fingerprint density at radius 2 is 1.62 bits per heavy atom. The summed E-state index contributed by atoms with van der Waals surface area (Å²) < 4.78 is 11.2. The van der Waals surface area contributed by atoms with Crippen LogP contribution in [0.4, 0.5) is 0 Å². The fraction of sp³-hybridized carbons (Fsp3) is 0.321. The predicted octanol–water partition coefficient (Wildman–Crippen LogP) is 6.84. The number of halogens is 1. The topological polar surface area (TPSA) is 65.5 Å². The van der Waals surface area contributed by atoms with Crippen LogP contribution in [0.5, 0.6) is 0 Å². The van der Waals surface area contributed by atoms with E-state index in [2.05, 4.69) is 0 Å². The molecule has 0 spiro atoms. The van der Waals surface area contributed by atoms with Crippen molar-refractivity contribution in [1.82, 2.24) is 4.98 Å². The van der Waals surface area contributed by atoms with Crippen LogP contribution >= 0.6 is 11.6 Å². The molecule has 178 valence electrons. The SMILES string of the molecule is COC(=O)[C@@H](OC(C)(C)C)c1c(C=O)nc(-c2ccc(C)c(C)c2)c(C)c1-c1ccc(Cl)cc1. The van der Waals surface area contributed by atoms with Gasteiger partial charge in [0.25, 0.3) is 0 Å². The molecule has 34 heavy (non-hydrogen) atoms. The predicted molar refractivity (Wildman–Crippen MR) is 135 cm³/mol. The van der Waals surface area contributed by atoms with E-state index < -0.39 is 17.7 Å². The first-order valence-corrected chi connectivity index (χ1v) is 11.4. The second-order valence-electron chi connectivity index (χ2n) is 9.32. The lowest BCUT2D eigenvalue weighted by Crippen LogP contribution is -2.30. The van der Waals surface area contributed by atoms with E-state index in [9.17, 15) is 9.59 Å². The Hall–Kier alpha value is -3.02. The van der Waals surface area contributed by atoms with Gasteiger partial charge in [-0.3, -0.25) is 4.79 Å². The molecule has 2 aromatic carbocycles. The first-order chi connectivity index (χ1) is 16.0. The molecule has 0 unspecified atom stereocenters. The van der Waals surface area contributed by atoms with E-state index in [4.69, 9.17) is 26.1 Å². The van der Waals surface area contributed by atoms with Crippen molar-refractivity contribution in [1.29, 1.82) is 0 Å². The number of aldehydes is 1. The summed E-state index contributed by atoms with van der Waals surface area (Å²) in [5.74, 6) is -0.603. The highest BCUT2D eigenvalue weighted by Gasteiger charge is 2.34. The maximum absolute atomic E-state index is 12.9. The van der Waals surface area contributed by atoms with Gasteiger partial charge in [-0.2, -0.15) is 0 Å². The van der Waals surface area contributed by atoms with Crippen LogP contribution in [-0.4, -0.2) is 30.0 Å². The lowest BCUT2D eigenvalue weighted by atomic mass is 9.88. The molecule has 0 aliphatic rings. The van der Waals surface area contributed by atoms with Crippen LogP contribution in [-0.2, 0) is 14.3 Å². The summed E-state index contributed by atoms with van der Waals surface area (Å²) in [6, 6.07) is 13.3. The number of carbonyl (C=O) groups excluding carboxylic acids is 2. The molecule has 1 heterocycles.